The number of rotatable bonds is 5. The van der Waals surface area contributed by atoms with E-state index in [-0.39, 0.29) is 11.1 Å². The lowest BCUT2D eigenvalue weighted by Gasteiger charge is -2.15. The van der Waals surface area contributed by atoms with Gasteiger partial charge in [-0.1, -0.05) is 12.1 Å². The number of hydrogen-bond donors (Lipinski definition) is 1. The van der Waals surface area contributed by atoms with E-state index in [1.54, 1.807) is 31.0 Å². The van der Waals surface area contributed by atoms with Gasteiger partial charge in [0.1, 0.15) is 11.6 Å². The Bertz CT molecular complexity index is 513. The van der Waals surface area contributed by atoms with Crippen molar-refractivity contribution in [3.8, 4) is 5.75 Å². The molecule has 0 heterocycles. The lowest BCUT2D eigenvalue weighted by Crippen LogP contribution is -2.09. The van der Waals surface area contributed by atoms with Crippen molar-refractivity contribution in [3.63, 3.8) is 0 Å². The van der Waals surface area contributed by atoms with E-state index in [0.29, 0.717) is 6.54 Å². The van der Waals surface area contributed by atoms with Gasteiger partial charge in [-0.2, -0.15) is 0 Å². The van der Waals surface area contributed by atoms with Crippen molar-refractivity contribution >= 4 is 11.8 Å². The Hall–Kier alpha value is -1.52. The molecule has 0 saturated carbocycles. The molecule has 0 aliphatic carbocycles. The molecule has 4 heteroatoms. The van der Waals surface area contributed by atoms with Gasteiger partial charge in [0.25, 0.3) is 0 Å². The van der Waals surface area contributed by atoms with Crippen molar-refractivity contribution in [3.05, 3.63) is 59.9 Å². The van der Waals surface area contributed by atoms with E-state index in [9.17, 15) is 4.39 Å². The highest BCUT2D eigenvalue weighted by Crippen LogP contribution is 2.34. The maximum atomic E-state index is 12.9. The first kappa shape index (κ1) is 13.9. The number of hydrogen-bond acceptors (Lipinski definition) is 3. The van der Waals surface area contributed by atoms with E-state index < -0.39 is 0 Å². The highest BCUT2D eigenvalue weighted by atomic mass is 32.2. The van der Waals surface area contributed by atoms with Gasteiger partial charge in [0.05, 0.1) is 7.11 Å². The predicted octanol–water partition coefficient (Wildman–Crippen LogP) is 3.63. The molecule has 0 aliphatic heterocycles. The lowest BCUT2D eigenvalue weighted by molar-refractivity contribution is 0.414. The summed E-state index contributed by atoms with van der Waals surface area (Å²) in [5, 5.41) is 0.149. The Morgan fingerprint density at radius 1 is 1.11 bits per heavy atom. The Kier molecular flexibility index (Phi) is 4.82. The maximum Gasteiger partial charge on any atom is 0.123 e. The van der Waals surface area contributed by atoms with Gasteiger partial charge in [-0.05, 0) is 42.0 Å². The number of ether oxygens (including phenoxy) is 1. The van der Waals surface area contributed by atoms with Crippen molar-refractivity contribution in [2.24, 2.45) is 5.73 Å². The van der Waals surface area contributed by atoms with E-state index in [0.717, 1.165) is 16.2 Å². The van der Waals surface area contributed by atoms with E-state index in [4.69, 9.17) is 10.5 Å². The SMILES string of the molecule is COc1ccc(C(CN)Sc2ccc(F)cc2)cc1. The number of thioether (sulfide) groups is 1. The molecule has 2 nitrogen and oxygen atoms in total. The molecule has 0 amide bonds. The summed E-state index contributed by atoms with van der Waals surface area (Å²) in [6.07, 6.45) is 0. The average molecular weight is 277 g/mol. The average Bonchev–Trinajstić information content (AvgIpc) is 2.47. The summed E-state index contributed by atoms with van der Waals surface area (Å²) >= 11 is 1.63. The highest BCUT2D eigenvalue weighted by molar-refractivity contribution is 7.99. The number of halogens is 1. The zero-order valence-electron chi connectivity index (χ0n) is 10.7. The summed E-state index contributed by atoms with van der Waals surface area (Å²) in [4.78, 5) is 1.01. The van der Waals surface area contributed by atoms with Crippen LogP contribution < -0.4 is 10.5 Å². The second kappa shape index (κ2) is 6.59. The van der Waals surface area contributed by atoms with Crippen LogP contribution in [-0.2, 0) is 0 Å². The first-order valence-corrected chi connectivity index (χ1v) is 6.87. The molecule has 2 aromatic carbocycles. The molecular formula is C15H16FNOS. The quantitative estimate of drug-likeness (QED) is 0.848. The maximum absolute atomic E-state index is 12.9. The van der Waals surface area contributed by atoms with Crippen LogP contribution in [0.1, 0.15) is 10.8 Å². The Balaban J connectivity index is 2.12. The third kappa shape index (κ3) is 3.72. The minimum absolute atomic E-state index is 0.149. The summed E-state index contributed by atoms with van der Waals surface area (Å²) in [5.74, 6) is 0.601. The minimum Gasteiger partial charge on any atom is -0.497 e. The molecule has 0 bridgehead atoms. The summed E-state index contributed by atoms with van der Waals surface area (Å²) < 4.78 is 18.0. The van der Waals surface area contributed by atoms with Crippen LogP contribution in [-0.4, -0.2) is 13.7 Å². The Labute approximate surface area is 116 Å². The van der Waals surface area contributed by atoms with Gasteiger partial charge in [0, 0.05) is 16.7 Å². The van der Waals surface area contributed by atoms with Crippen LogP contribution >= 0.6 is 11.8 Å². The van der Waals surface area contributed by atoms with Gasteiger partial charge in [-0.15, -0.1) is 11.8 Å². The second-order valence-electron chi connectivity index (χ2n) is 4.07. The molecule has 0 saturated heterocycles. The highest BCUT2D eigenvalue weighted by Gasteiger charge is 2.11. The molecule has 0 aliphatic rings. The zero-order chi connectivity index (χ0) is 13.7. The topological polar surface area (TPSA) is 35.2 Å². The monoisotopic (exact) mass is 277 g/mol. The van der Waals surface area contributed by atoms with Crippen molar-refractivity contribution in [2.45, 2.75) is 10.1 Å². The third-order valence-electron chi connectivity index (χ3n) is 2.79. The van der Waals surface area contributed by atoms with Crippen LogP contribution in [0, 0.1) is 5.82 Å². The third-order valence-corrected chi connectivity index (χ3v) is 4.09. The molecule has 0 spiro atoms. The number of nitrogens with two attached hydrogens (primary N) is 1. The van der Waals surface area contributed by atoms with Crippen LogP contribution in [0.15, 0.2) is 53.4 Å². The molecular weight excluding hydrogens is 261 g/mol. The molecule has 2 aromatic rings. The van der Waals surface area contributed by atoms with Gasteiger partial charge in [0.15, 0.2) is 0 Å². The van der Waals surface area contributed by atoms with E-state index >= 15 is 0 Å². The first-order chi connectivity index (χ1) is 9.22. The van der Waals surface area contributed by atoms with E-state index in [2.05, 4.69) is 0 Å². The smallest absolute Gasteiger partial charge is 0.123 e. The fourth-order valence-electron chi connectivity index (χ4n) is 1.75. The molecule has 0 fully saturated rings. The van der Waals surface area contributed by atoms with Crippen molar-refractivity contribution < 1.29 is 9.13 Å². The largest absolute Gasteiger partial charge is 0.497 e. The van der Waals surface area contributed by atoms with Gasteiger partial charge in [-0.3, -0.25) is 0 Å². The van der Waals surface area contributed by atoms with Gasteiger partial charge < -0.3 is 10.5 Å². The standard InChI is InChI=1S/C15H16FNOS/c1-18-13-6-2-11(3-7-13)15(10-17)19-14-8-4-12(16)5-9-14/h2-9,15H,10,17H2,1H3. The molecule has 100 valence electrons. The molecule has 1 unspecified atom stereocenters. The molecule has 19 heavy (non-hydrogen) atoms. The second-order valence-corrected chi connectivity index (χ2v) is 5.35. The summed E-state index contributed by atoms with van der Waals surface area (Å²) in [6, 6.07) is 14.3. The molecule has 2 rings (SSSR count). The Morgan fingerprint density at radius 3 is 2.26 bits per heavy atom. The zero-order valence-corrected chi connectivity index (χ0v) is 11.5. The van der Waals surface area contributed by atoms with Crippen LogP contribution in [0.5, 0.6) is 5.75 Å². The van der Waals surface area contributed by atoms with E-state index in [1.807, 2.05) is 24.3 Å². The van der Waals surface area contributed by atoms with E-state index in [1.165, 1.54) is 12.1 Å². The van der Waals surface area contributed by atoms with Crippen molar-refractivity contribution in [1.82, 2.24) is 0 Å². The normalized spacial score (nSPS) is 12.2. The molecule has 1 atom stereocenters. The minimum atomic E-state index is -0.224. The summed E-state index contributed by atoms with van der Waals surface area (Å²) in [7, 11) is 1.64. The van der Waals surface area contributed by atoms with Crippen molar-refractivity contribution in [1.29, 1.82) is 0 Å². The van der Waals surface area contributed by atoms with Crippen LogP contribution in [0.25, 0.3) is 0 Å². The molecule has 0 radical (unpaired) electrons. The Morgan fingerprint density at radius 2 is 1.74 bits per heavy atom. The van der Waals surface area contributed by atoms with Crippen LogP contribution in [0.4, 0.5) is 4.39 Å². The number of benzene rings is 2. The van der Waals surface area contributed by atoms with Crippen molar-refractivity contribution in [2.75, 3.05) is 13.7 Å². The van der Waals surface area contributed by atoms with Crippen LogP contribution in [0.2, 0.25) is 0 Å². The number of methoxy groups -OCH3 is 1. The summed E-state index contributed by atoms with van der Waals surface area (Å²) in [5.41, 5.74) is 6.96. The fraction of sp³-hybridized carbons (Fsp3) is 0.200. The predicted molar refractivity (Wildman–Crippen MR) is 77.0 cm³/mol. The first-order valence-electron chi connectivity index (χ1n) is 5.99. The van der Waals surface area contributed by atoms with Gasteiger partial charge in [-0.25, -0.2) is 4.39 Å². The lowest BCUT2D eigenvalue weighted by atomic mass is 10.1. The molecule has 0 aromatic heterocycles. The van der Waals surface area contributed by atoms with Gasteiger partial charge in [0.2, 0.25) is 0 Å². The fourth-order valence-corrected chi connectivity index (χ4v) is 2.76. The molecule has 2 N–H and O–H groups in total. The van der Waals surface area contributed by atoms with Crippen LogP contribution in [0.3, 0.4) is 0 Å². The van der Waals surface area contributed by atoms with Gasteiger partial charge >= 0.3 is 0 Å². The summed E-state index contributed by atoms with van der Waals surface area (Å²) in [6.45, 7) is 0.522.